The smallest absolute Gasteiger partial charge is 1.00 e. The molecule has 0 radical (unpaired) electrons. The zero-order valence-electron chi connectivity index (χ0n) is 6.70. The SMILES string of the molecule is CC(C)C1=[C-]CC=C1.[Cl-].[Cl-].[Hf+4]. The average Bonchev–Trinajstić information content (AvgIpc) is 2.12. The van der Waals surface area contributed by atoms with Gasteiger partial charge >= 0.3 is 25.8 Å². The molecule has 1 aliphatic rings. The molecule has 11 heavy (non-hydrogen) atoms. The molecule has 1 aliphatic carbocycles. The van der Waals surface area contributed by atoms with Crippen molar-refractivity contribution in [3.8, 4) is 0 Å². The quantitative estimate of drug-likeness (QED) is 0.336. The van der Waals surface area contributed by atoms with Gasteiger partial charge in [0.2, 0.25) is 0 Å². The van der Waals surface area contributed by atoms with Gasteiger partial charge in [-0.05, 0) is 0 Å². The Morgan fingerprint density at radius 3 is 2.09 bits per heavy atom. The molecule has 0 bridgehead atoms. The number of hydrogen-bond donors (Lipinski definition) is 0. The third-order valence-corrected chi connectivity index (χ3v) is 1.34. The summed E-state index contributed by atoms with van der Waals surface area (Å²) in [6.45, 7) is 4.38. The van der Waals surface area contributed by atoms with Crippen molar-refractivity contribution in [2.45, 2.75) is 20.3 Å². The van der Waals surface area contributed by atoms with Gasteiger partial charge in [-0.3, -0.25) is 6.08 Å². The first-order chi connectivity index (χ1) is 3.80. The molecule has 0 N–H and O–H groups in total. The average molecular weight is 357 g/mol. The van der Waals surface area contributed by atoms with E-state index in [9.17, 15) is 0 Å². The molecule has 1 rings (SSSR count). The fraction of sp³-hybridized carbons (Fsp3) is 0.500. The van der Waals surface area contributed by atoms with E-state index in [1.165, 1.54) is 5.57 Å². The zero-order valence-corrected chi connectivity index (χ0v) is 11.8. The Morgan fingerprint density at radius 1 is 1.36 bits per heavy atom. The Hall–Kier alpha value is 0.930. The van der Waals surface area contributed by atoms with E-state index in [1.807, 2.05) is 0 Å². The van der Waals surface area contributed by atoms with E-state index in [2.05, 4.69) is 32.1 Å². The molecular weight excluding hydrogens is 345 g/mol. The van der Waals surface area contributed by atoms with Crippen molar-refractivity contribution in [3.63, 3.8) is 0 Å². The third kappa shape index (κ3) is 6.12. The predicted octanol–water partition coefficient (Wildman–Crippen LogP) is -3.66. The molecule has 0 aromatic rings. The molecule has 0 fully saturated rings. The second-order valence-electron chi connectivity index (χ2n) is 2.39. The first-order valence-electron chi connectivity index (χ1n) is 3.08. The fourth-order valence-electron chi connectivity index (χ4n) is 0.818. The van der Waals surface area contributed by atoms with Crippen LogP contribution in [0.1, 0.15) is 20.3 Å². The second-order valence-corrected chi connectivity index (χ2v) is 2.39. The predicted molar refractivity (Wildman–Crippen MR) is 35.4 cm³/mol. The van der Waals surface area contributed by atoms with Gasteiger partial charge in [-0.2, -0.15) is 6.08 Å². The molecule has 60 valence electrons. The fourth-order valence-corrected chi connectivity index (χ4v) is 0.818. The summed E-state index contributed by atoms with van der Waals surface area (Å²) in [6.07, 6.45) is 8.59. The maximum Gasteiger partial charge on any atom is 4.00 e. The summed E-state index contributed by atoms with van der Waals surface area (Å²) < 4.78 is 0. The standard InChI is InChI=1S/C8H11.2ClH.Hf/c1-7(2)8-5-3-4-6-8;;;/h3,5,7H,4H2,1-2H3;2*1H;/q-1;;;+4/p-2. The van der Waals surface area contributed by atoms with Gasteiger partial charge in [0.15, 0.2) is 0 Å². The van der Waals surface area contributed by atoms with Crippen molar-refractivity contribution < 1.29 is 50.7 Å². The van der Waals surface area contributed by atoms with Crippen LogP contribution in [0, 0.1) is 12.0 Å². The van der Waals surface area contributed by atoms with Crippen LogP contribution in [0.5, 0.6) is 0 Å². The van der Waals surface area contributed by atoms with E-state index in [1.54, 1.807) is 0 Å². The van der Waals surface area contributed by atoms with E-state index in [4.69, 9.17) is 0 Å². The minimum atomic E-state index is 0. The molecule has 0 amide bonds. The summed E-state index contributed by atoms with van der Waals surface area (Å²) in [4.78, 5) is 0. The molecule has 0 aromatic heterocycles. The summed E-state index contributed by atoms with van der Waals surface area (Å²) >= 11 is 0. The first kappa shape index (κ1) is 17.9. The van der Waals surface area contributed by atoms with Crippen LogP contribution in [-0.4, -0.2) is 0 Å². The topological polar surface area (TPSA) is 0 Å². The summed E-state index contributed by atoms with van der Waals surface area (Å²) in [5.41, 5.74) is 1.37. The zero-order chi connectivity index (χ0) is 5.98. The minimum Gasteiger partial charge on any atom is -1.00 e. The Balaban J connectivity index is -0.000000213. The van der Waals surface area contributed by atoms with E-state index < -0.39 is 0 Å². The molecule has 0 aromatic carbocycles. The van der Waals surface area contributed by atoms with Gasteiger partial charge in [0.05, 0.1) is 0 Å². The normalized spacial score (nSPS) is 12.8. The Kier molecular flexibility index (Phi) is 14.7. The maximum atomic E-state index is 3.26. The summed E-state index contributed by atoms with van der Waals surface area (Å²) in [6, 6.07) is 0. The maximum absolute atomic E-state index is 3.26. The summed E-state index contributed by atoms with van der Waals surface area (Å²) in [5.74, 6) is 0.661. The van der Waals surface area contributed by atoms with Gasteiger partial charge < -0.3 is 24.8 Å². The second kappa shape index (κ2) is 9.02. The third-order valence-electron chi connectivity index (χ3n) is 1.34. The number of allylic oxidation sites excluding steroid dienone is 4. The van der Waals surface area contributed by atoms with Gasteiger partial charge in [0, 0.05) is 0 Å². The molecule has 0 saturated heterocycles. The van der Waals surface area contributed by atoms with Crippen molar-refractivity contribution >= 4 is 0 Å². The Morgan fingerprint density at radius 2 is 1.91 bits per heavy atom. The Labute approximate surface area is 100 Å². The monoisotopic (exact) mass is 357 g/mol. The van der Waals surface area contributed by atoms with Crippen LogP contribution in [-0.2, 0) is 25.8 Å². The van der Waals surface area contributed by atoms with Gasteiger partial charge in [0.1, 0.15) is 0 Å². The molecule has 0 aliphatic heterocycles. The molecule has 0 saturated carbocycles. The number of hydrogen-bond acceptors (Lipinski definition) is 0. The van der Waals surface area contributed by atoms with Crippen molar-refractivity contribution in [3.05, 3.63) is 23.8 Å². The molecule has 0 nitrogen and oxygen atoms in total. The number of halogens is 2. The van der Waals surface area contributed by atoms with Crippen molar-refractivity contribution in [2.24, 2.45) is 5.92 Å². The van der Waals surface area contributed by atoms with E-state index in [0.717, 1.165) is 6.42 Å². The number of rotatable bonds is 1. The minimum absolute atomic E-state index is 0. The van der Waals surface area contributed by atoms with Crippen LogP contribution in [0.4, 0.5) is 0 Å². The summed E-state index contributed by atoms with van der Waals surface area (Å²) in [7, 11) is 0. The van der Waals surface area contributed by atoms with Gasteiger partial charge in [-0.15, -0.1) is 6.42 Å². The largest absolute Gasteiger partial charge is 4.00 e. The first-order valence-corrected chi connectivity index (χ1v) is 3.08. The van der Waals surface area contributed by atoms with Crippen LogP contribution in [0.2, 0.25) is 0 Å². The van der Waals surface area contributed by atoms with Crippen LogP contribution < -0.4 is 24.8 Å². The van der Waals surface area contributed by atoms with E-state index in [-0.39, 0.29) is 50.7 Å². The van der Waals surface area contributed by atoms with Gasteiger partial charge in [0.25, 0.3) is 0 Å². The van der Waals surface area contributed by atoms with Crippen molar-refractivity contribution in [1.29, 1.82) is 0 Å². The molecule has 0 unspecified atom stereocenters. The van der Waals surface area contributed by atoms with Crippen LogP contribution >= 0.6 is 0 Å². The van der Waals surface area contributed by atoms with Gasteiger partial charge in [-0.25, -0.2) is 11.6 Å². The van der Waals surface area contributed by atoms with Gasteiger partial charge in [-0.1, -0.05) is 19.8 Å². The molecule has 0 spiro atoms. The van der Waals surface area contributed by atoms with Crippen LogP contribution in [0.3, 0.4) is 0 Å². The Bertz CT molecular complexity index is 139. The molecular formula is C8H11Cl2Hf+. The van der Waals surface area contributed by atoms with Crippen molar-refractivity contribution in [2.75, 3.05) is 0 Å². The van der Waals surface area contributed by atoms with Crippen molar-refractivity contribution in [1.82, 2.24) is 0 Å². The van der Waals surface area contributed by atoms with Crippen LogP contribution in [0.25, 0.3) is 0 Å². The molecule has 0 heterocycles. The van der Waals surface area contributed by atoms with E-state index >= 15 is 0 Å². The summed E-state index contributed by atoms with van der Waals surface area (Å²) in [5, 5.41) is 0. The molecule has 3 heteroatoms. The van der Waals surface area contributed by atoms with E-state index in [0.29, 0.717) is 5.92 Å². The van der Waals surface area contributed by atoms with Crippen LogP contribution in [0.15, 0.2) is 17.7 Å². The molecule has 0 atom stereocenters.